The van der Waals surface area contributed by atoms with Gasteiger partial charge in [0.25, 0.3) is 0 Å². The van der Waals surface area contributed by atoms with E-state index in [1.54, 1.807) is 0 Å². The molecule has 1 rings (SSSR count). The standard InChI is InChI=1S/C13H20O2S/c1-9(2)7-10(3)15-8-12(14)13-6-5-11(4)16-13/h5-6,9-10H,7-8H2,1-4H3. The fourth-order valence-electron chi connectivity index (χ4n) is 1.61. The number of rotatable bonds is 6. The molecule has 0 amide bonds. The number of Topliss-reactive ketones (excluding diaryl/α,β-unsaturated/α-hetero) is 1. The van der Waals surface area contributed by atoms with E-state index in [1.165, 1.54) is 16.2 Å². The van der Waals surface area contributed by atoms with E-state index < -0.39 is 0 Å². The van der Waals surface area contributed by atoms with Crippen LogP contribution in [0.2, 0.25) is 0 Å². The Balaban J connectivity index is 2.35. The van der Waals surface area contributed by atoms with Crippen LogP contribution >= 0.6 is 11.3 Å². The summed E-state index contributed by atoms with van der Waals surface area (Å²) < 4.78 is 5.54. The van der Waals surface area contributed by atoms with Crippen molar-refractivity contribution in [3.63, 3.8) is 0 Å². The smallest absolute Gasteiger partial charge is 0.198 e. The zero-order valence-electron chi connectivity index (χ0n) is 10.4. The fraction of sp³-hybridized carbons (Fsp3) is 0.615. The van der Waals surface area contributed by atoms with Crippen molar-refractivity contribution in [3.05, 3.63) is 21.9 Å². The zero-order chi connectivity index (χ0) is 12.1. The van der Waals surface area contributed by atoms with Gasteiger partial charge < -0.3 is 4.74 Å². The van der Waals surface area contributed by atoms with E-state index in [0.29, 0.717) is 5.92 Å². The molecule has 0 N–H and O–H groups in total. The topological polar surface area (TPSA) is 26.3 Å². The van der Waals surface area contributed by atoms with Crippen molar-refractivity contribution >= 4 is 17.1 Å². The number of ketones is 1. The molecule has 0 fully saturated rings. The maximum atomic E-state index is 11.7. The van der Waals surface area contributed by atoms with Crippen LogP contribution in [0, 0.1) is 12.8 Å². The minimum Gasteiger partial charge on any atom is -0.370 e. The van der Waals surface area contributed by atoms with Crippen LogP contribution in [0.25, 0.3) is 0 Å². The van der Waals surface area contributed by atoms with Gasteiger partial charge in [-0.3, -0.25) is 4.79 Å². The largest absolute Gasteiger partial charge is 0.370 e. The molecule has 16 heavy (non-hydrogen) atoms. The van der Waals surface area contributed by atoms with Gasteiger partial charge in [0.2, 0.25) is 0 Å². The van der Waals surface area contributed by atoms with E-state index in [2.05, 4.69) is 13.8 Å². The molecule has 1 atom stereocenters. The van der Waals surface area contributed by atoms with Crippen molar-refractivity contribution in [1.29, 1.82) is 0 Å². The SMILES string of the molecule is Cc1ccc(C(=O)COC(C)CC(C)C)s1. The molecular weight excluding hydrogens is 220 g/mol. The number of aryl methyl sites for hydroxylation is 1. The number of hydrogen-bond donors (Lipinski definition) is 0. The van der Waals surface area contributed by atoms with Crippen molar-refractivity contribution < 1.29 is 9.53 Å². The summed E-state index contributed by atoms with van der Waals surface area (Å²) in [5.74, 6) is 0.697. The molecule has 0 spiro atoms. The van der Waals surface area contributed by atoms with Gasteiger partial charge in [0.15, 0.2) is 5.78 Å². The Kier molecular flexibility index (Phi) is 5.16. The van der Waals surface area contributed by atoms with Gasteiger partial charge in [-0.15, -0.1) is 11.3 Å². The van der Waals surface area contributed by atoms with Crippen LogP contribution < -0.4 is 0 Å². The zero-order valence-corrected chi connectivity index (χ0v) is 11.3. The third-order valence-electron chi connectivity index (χ3n) is 2.32. The van der Waals surface area contributed by atoms with E-state index in [1.807, 2.05) is 26.0 Å². The van der Waals surface area contributed by atoms with Gasteiger partial charge in [0, 0.05) is 4.88 Å². The van der Waals surface area contributed by atoms with E-state index in [4.69, 9.17) is 4.74 Å². The van der Waals surface area contributed by atoms with Crippen LogP contribution in [0.4, 0.5) is 0 Å². The first-order valence-electron chi connectivity index (χ1n) is 5.70. The molecule has 0 radical (unpaired) electrons. The Labute approximate surface area is 102 Å². The van der Waals surface area contributed by atoms with Gasteiger partial charge in [-0.25, -0.2) is 0 Å². The third kappa shape index (κ3) is 4.45. The van der Waals surface area contributed by atoms with Crippen LogP contribution in [0.15, 0.2) is 12.1 Å². The van der Waals surface area contributed by atoms with Gasteiger partial charge in [0.1, 0.15) is 6.61 Å². The van der Waals surface area contributed by atoms with Crippen molar-refractivity contribution in [2.45, 2.75) is 40.2 Å². The summed E-state index contributed by atoms with van der Waals surface area (Å²) in [7, 11) is 0. The minimum absolute atomic E-state index is 0.0914. The van der Waals surface area contributed by atoms with E-state index in [9.17, 15) is 4.79 Å². The quantitative estimate of drug-likeness (QED) is 0.709. The van der Waals surface area contributed by atoms with Gasteiger partial charge in [-0.05, 0) is 38.3 Å². The molecule has 1 aromatic heterocycles. The highest BCUT2D eigenvalue weighted by Gasteiger charge is 2.11. The Morgan fingerprint density at radius 1 is 1.38 bits per heavy atom. The van der Waals surface area contributed by atoms with Crippen molar-refractivity contribution in [2.24, 2.45) is 5.92 Å². The summed E-state index contributed by atoms with van der Waals surface area (Å²) in [5.41, 5.74) is 0. The highest BCUT2D eigenvalue weighted by molar-refractivity contribution is 7.14. The molecule has 0 aliphatic carbocycles. The monoisotopic (exact) mass is 240 g/mol. The lowest BCUT2D eigenvalue weighted by atomic mass is 10.1. The van der Waals surface area contributed by atoms with E-state index in [-0.39, 0.29) is 18.5 Å². The predicted octanol–water partition coefficient (Wildman–Crippen LogP) is 3.69. The number of hydrogen-bond acceptors (Lipinski definition) is 3. The molecule has 2 nitrogen and oxygen atoms in total. The predicted molar refractivity (Wildman–Crippen MR) is 68.3 cm³/mol. The van der Waals surface area contributed by atoms with Crippen LogP contribution in [0.3, 0.4) is 0 Å². The van der Waals surface area contributed by atoms with Gasteiger partial charge in [0.05, 0.1) is 11.0 Å². The summed E-state index contributed by atoms with van der Waals surface area (Å²) in [6, 6.07) is 3.84. The van der Waals surface area contributed by atoms with Crippen molar-refractivity contribution in [1.82, 2.24) is 0 Å². The number of carbonyl (C=O) groups excluding carboxylic acids is 1. The van der Waals surface area contributed by atoms with E-state index in [0.717, 1.165) is 11.3 Å². The second-order valence-corrected chi connectivity index (χ2v) is 5.87. The Bertz CT molecular complexity index is 341. The van der Waals surface area contributed by atoms with Gasteiger partial charge >= 0.3 is 0 Å². The number of carbonyl (C=O) groups is 1. The molecule has 0 saturated carbocycles. The summed E-state index contributed by atoms with van der Waals surface area (Å²) in [5, 5.41) is 0. The molecular formula is C13H20O2S. The van der Waals surface area contributed by atoms with E-state index >= 15 is 0 Å². The molecule has 1 aromatic rings. The molecule has 1 heterocycles. The number of thiophene rings is 1. The first kappa shape index (κ1) is 13.4. The Morgan fingerprint density at radius 2 is 2.06 bits per heavy atom. The summed E-state index contributed by atoms with van der Waals surface area (Å²) in [6.07, 6.45) is 1.15. The first-order valence-corrected chi connectivity index (χ1v) is 6.52. The molecule has 90 valence electrons. The maximum Gasteiger partial charge on any atom is 0.198 e. The molecule has 1 unspecified atom stereocenters. The second kappa shape index (κ2) is 6.16. The Hall–Kier alpha value is -0.670. The second-order valence-electron chi connectivity index (χ2n) is 4.58. The molecule has 0 saturated heterocycles. The molecule has 0 aliphatic heterocycles. The van der Waals surface area contributed by atoms with Crippen LogP contribution in [0.5, 0.6) is 0 Å². The number of ether oxygens (including phenoxy) is 1. The van der Waals surface area contributed by atoms with Gasteiger partial charge in [-0.2, -0.15) is 0 Å². The molecule has 3 heteroatoms. The van der Waals surface area contributed by atoms with Gasteiger partial charge in [-0.1, -0.05) is 13.8 Å². The summed E-state index contributed by atoms with van der Waals surface area (Å²) in [4.78, 5) is 13.7. The fourth-order valence-corrected chi connectivity index (χ4v) is 2.40. The van der Waals surface area contributed by atoms with Crippen molar-refractivity contribution in [2.75, 3.05) is 6.61 Å². The summed E-state index contributed by atoms with van der Waals surface area (Å²) >= 11 is 1.53. The minimum atomic E-state index is 0.0914. The van der Waals surface area contributed by atoms with Crippen molar-refractivity contribution in [3.8, 4) is 0 Å². The first-order chi connectivity index (χ1) is 7.49. The highest BCUT2D eigenvalue weighted by atomic mass is 32.1. The lowest BCUT2D eigenvalue weighted by molar-refractivity contribution is 0.0448. The van der Waals surface area contributed by atoms with Crippen LogP contribution in [-0.4, -0.2) is 18.5 Å². The summed E-state index contributed by atoms with van der Waals surface area (Å²) in [6.45, 7) is 8.54. The van der Waals surface area contributed by atoms with Crippen LogP contribution in [0.1, 0.15) is 41.7 Å². The maximum absolute atomic E-state index is 11.7. The Morgan fingerprint density at radius 3 is 2.56 bits per heavy atom. The molecule has 0 bridgehead atoms. The normalized spacial score (nSPS) is 13.1. The highest BCUT2D eigenvalue weighted by Crippen LogP contribution is 2.16. The third-order valence-corrected chi connectivity index (χ3v) is 3.36. The lowest BCUT2D eigenvalue weighted by Crippen LogP contribution is -2.16. The molecule has 0 aliphatic rings. The lowest BCUT2D eigenvalue weighted by Gasteiger charge is -2.14. The average Bonchev–Trinajstić information content (AvgIpc) is 2.60. The molecule has 0 aromatic carbocycles. The average molecular weight is 240 g/mol. The van der Waals surface area contributed by atoms with Crippen LogP contribution in [-0.2, 0) is 4.74 Å².